The number of halogens is 1. The zero-order chi connectivity index (χ0) is 16.1. The van der Waals surface area contributed by atoms with Gasteiger partial charge in [-0.2, -0.15) is 0 Å². The van der Waals surface area contributed by atoms with Crippen molar-refractivity contribution in [1.82, 2.24) is 5.32 Å². The van der Waals surface area contributed by atoms with Crippen LogP contribution in [-0.2, 0) is 9.53 Å². The third kappa shape index (κ3) is 4.13. The van der Waals surface area contributed by atoms with Gasteiger partial charge in [0.15, 0.2) is 0 Å². The maximum atomic E-state index is 12.2. The van der Waals surface area contributed by atoms with Gasteiger partial charge in [0.25, 0.3) is 5.91 Å². The van der Waals surface area contributed by atoms with Crippen molar-refractivity contribution in [3.63, 3.8) is 0 Å². The van der Waals surface area contributed by atoms with Gasteiger partial charge in [-0.25, -0.2) is 0 Å². The Morgan fingerprint density at radius 1 is 1.32 bits per heavy atom. The molecular weight excluding hydrogens is 304 g/mol. The molecule has 1 amide bonds. The van der Waals surface area contributed by atoms with Crippen molar-refractivity contribution < 1.29 is 14.3 Å². The molecule has 0 atom stereocenters. The smallest absolute Gasteiger partial charge is 0.308 e. The van der Waals surface area contributed by atoms with Crippen LogP contribution in [0, 0.1) is 11.8 Å². The highest BCUT2D eigenvalue weighted by Crippen LogP contribution is 2.29. The van der Waals surface area contributed by atoms with E-state index < -0.39 is 0 Å². The van der Waals surface area contributed by atoms with E-state index in [1.165, 1.54) is 7.11 Å². The summed E-state index contributed by atoms with van der Waals surface area (Å²) in [5, 5.41) is 3.39. The van der Waals surface area contributed by atoms with Crippen molar-refractivity contribution in [2.75, 3.05) is 19.4 Å². The van der Waals surface area contributed by atoms with Gasteiger partial charge >= 0.3 is 5.97 Å². The molecule has 1 aliphatic carbocycles. The second-order valence-electron chi connectivity index (χ2n) is 5.68. The first kappa shape index (κ1) is 16.6. The zero-order valence-electron chi connectivity index (χ0n) is 12.6. The van der Waals surface area contributed by atoms with Crippen LogP contribution in [0.3, 0.4) is 0 Å². The predicted octanol–water partition coefficient (Wildman–Crippen LogP) is 2.63. The molecular formula is C16H21ClN2O3. The summed E-state index contributed by atoms with van der Waals surface area (Å²) in [4.78, 5) is 23.6. The van der Waals surface area contributed by atoms with Crippen molar-refractivity contribution in [3.05, 3.63) is 28.8 Å². The quantitative estimate of drug-likeness (QED) is 0.659. The fraction of sp³-hybridized carbons (Fsp3) is 0.500. The van der Waals surface area contributed by atoms with Gasteiger partial charge in [0, 0.05) is 17.3 Å². The van der Waals surface area contributed by atoms with Gasteiger partial charge in [0.05, 0.1) is 18.6 Å². The summed E-state index contributed by atoms with van der Waals surface area (Å²) >= 11 is 5.89. The Bertz CT molecular complexity index is 554. The second-order valence-corrected chi connectivity index (χ2v) is 6.12. The standard InChI is InChI=1S/C16H21ClN2O3/c1-22-16(21)11-4-2-10(3-5-11)9-19-15(20)13-8-12(17)6-7-14(13)18/h6-8,10-11H,2-5,9,18H2,1H3,(H,19,20)/t10-,11-. The number of benzene rings is 1. The van der Waals surface area contributed by atoms with Crippen molar-refractivity contribution in [2.24, 2.45) is 11.8 Å². The normalized spacial score (nSPS) is 21.2. The van der Waals surface area contributed by atoms with Crippen LogP contribution in [0.1, 0.15) is 36.0 Å². The lowest BCUT2D eigenvalue weighted by atomic mass is 9.82. The van der Waals surface area contributed by atoms with E-state index in [0.29, 0.717) is 28.7 Å². The molecule has 0 radical (unpaired) electrons. The molecule has 1 aromatic rings. The highest BCUT2D eigenvalue weighted by atomic mass is 35.5. The summed E-state index contributed by atoms with van der Waals surface area (Å²) in [5.74, 6) is 0.0371. The molecule has 3 N–H and O–H groups in total. The SMILES string of the molecule is COC(=O)[C@H]1CC[C@H](CNC(=O)c2cc(Cl)ccc2N)CC1. The van der Waals surface area contributed by atoms with Gasteiger partial charge in [-0.1, -0.05) is 11.6 Å². The number of methoxy groups -OCH3 is 1. The lowest BCUT2D eigenvalue weighted by Gasteiger charge is -2.27. The number of anilines is 1. The van der Waals surface area contributed by atoms with Crippen LogP contribution in [0.4, 0.5) is 5.69 Å². The highest BCUT2D eigenvalue weighted by Gasteiger charge is 2.27. The number of esters is 1. The summed E-state index contributed by atoms with van der Waals surface area (Å²) in [7, 11) is 1.42. The zero-order valence-corrected chi connectivity index (χ0v) is 13.4. The lowest BCUT2D eigenvalue weighted by Crippen LogP contribution is -2.33. The molecule has 0 heterocycles. The number of hydrogen-bond acceptors (Lipinski definition) is 4. The van der Waals surface area contributed by atoms with Gasteiger partial charge < -0.3 is 15.8 Å². The van der Waals surface area contributed by atoms with E-state index in [1.807, 2.05) is 0 Å². The van der Waals surface area contributed by atoms with Crippen LogP contribution < -0.4 is 11.1 Å². The van der Waals surface area contributed by atoms with E-state index in [9.17, 15) is 9.59 Å². The molecule has 120 valence electrons. The molecule has 1 aliphatic rings. The molecule has 0 spiro atoms. The van der Waals surface area contributed by atoms with Gasteiger partial charge in [0.1, 0.15) is 0 Å². The summed E-state index contributed by atoms with van der Waals surface area (Å²) in [6.45, 7) is 0.582. The fourth-order valence-electron chi connectivity index (χ4n) is 2.83. The van der Waals surface area contributed by atoms with Crippen molar-refractivity contribution in [1.29, 1.82) is 0 Å². The number of nitrogens with two attached hydrogens (primary N) is 1. The fourth-order valence-corrected chi connectivity index (χ4v) is 3.00. The predicted molar refractivity (Wildman–Crippen MR) is 85.7 cm³/mol. The maximum Gasteiger partial charge on any atom is 0.308 e. The summed E-state index contributed by atoms with van der Waals surface area (Å²) in [5.41, 5.74) is 6.61. The van der Waals surface area contributed by atoms with E-state index in [0.717, 1.165) is 25.7 Å². The van der Waals surface area contributed by atoms with E-state index in [4.69, 9.17) is 22.1 Å². The molecule has 0 saturated heterocycles. The first-order valence-corrected chi connectivity index (χ1v) is 7.80. The third-order valence-corrected chi connectivity index (χ3v) is 4.43. The maximum absolute atomic E-state index is 12.2. The first-order chi connectivity index (χ1) is 10.5. The average Bonchev–Trinajstić information content (AvgIpc) is 2.54. The van der Waals surface area contributed by atoms with E-state index in [-0.39, 0.29) is 17.8 Å². The van der Waals surface area contributed by atoms with Crippen molar-refractivity contribution in [2.45, 2.75) is 25.7 Å². The van der Waals surface area contributed by atoms with Gasteiger partial charge in [-0.15, -0.1) is 0 Å². The van der Waals surface area contributed by atoms with Crippen LogP contribution in [-0.4, -0.2) is 25.5 Å². The topological polar surface area (TPSA) is 81.4 Å². The van der Waals surface area contributed by atoms with E-state index in [1.54, 1.807) is 18.2 Å². The lowest BCUT2D eigenvalue weighted by molar-refractivity contribution is -0.146. The van der Waals surface area contributed by atoms with E-state index in [2.05, 4.69) is 5.32 Å². The molecule has 1 saturated carbocycles. The average molecular weight is 325 g/mol. The molecule has 5 nitrogen and oxygen atoms in total. The highest BCUT2D eigenvalue weighted by molar-refractivity contribution is 6.31. The Balaban J connectivity index is 1.83. The Hall–Kier alpha value is -1.75. The first-order valence-electron chi connectivity index (χ1n) is 7.42. The monoisotopic (exact) mass is 324 g/mol. The van der Waals surface area contributed by atoms with E-state index >= 15 is 0 Å². The summed E-state index contributed by atoms with van der Waals surface area (Å²) < 4.78 is 4.77. The number of carbonyl (C=O) groups is 2. The summed E-state index contributed by atoms with van der Waals surface area (Å²) in [6, 6.07) is 4.85. The van der Waals surface area contributed by atoms with Crippen LogP contribution in [0.15, 0.2) is 18.2 Å². The number of nitrogens with one attached hydrogen (secondary N) is 1. The number of ether oxygens (including phenoxy) is 1. The number of carbonyl (C=O) groups excluding carboxylic acids is 2. The molecule has 0 aromatic heterocycles. The molecule has 0 bridgehead atoms. The summed E-state index contributed by atoms with van der Waals surface area (Å²) in [6.07, 6.45) is 3.44. The number of rotatable bonds is 4. The molecule has 0 aliphatic heterocycles. The minimum absolute atomic E-state index is 0.000487. The van der Waals surface area contributed by atoms with Gasteiger partial charge in [-0.3, -0.25) is 9.59 Å². The van der Waals surface area contributed by atoms with Crippen molar-refractivity contribution in [3.8, 4) is 0 Å². The van der Waals surface area contributed by atoms with Crippen LogP contribution in [0.2, 0.25) is 5.02 Å². The van der Waals surface area contributed by atoms with Gasteiger partial charge in [-0.05, 0) is 49.8 Å². The largest absolute Gasteiger partial charge is 0.469 e. The molecule has 1 aromatic carbocycles. The number of nitrogen functional groups attached to an aromatic ring is 1. The molecule has 6 heteroatoms. The van der Waals surface area contributed by atoms with Crippen LogP contribution in [0.5, 0.6) is 0 Å². The van der Waals surface area contributed by atoms with Crippen LogP contribution in [0.25, 0.3) is 0 Å². The number of amides is 1. The number of hydrogen-bond donors (Lipinski definition) is 2. The van der Waals surface area contributed by atoms with Gasteiger partial charge in [0.2, 0.25) is 0 Å². The third-order valence-electron chi connectivity index (χ3n) is 4.19. The Kier molecular flexibility index (Phi) is 5.66. The molecule has 22 heavy (non-hydrogen) atoms. The molecule has 0 unspecified atom stereocenters. The Morgan fingerprint density at radius 3 is 2.64 bits per heavy atom. The minimum atomic E-state index is -0.213. The van der Waals surface area contributed by atoms with Crippen molar-refractivity contribution >= 4 is 29.2 Å². The Labute approximate surface area is 135 Å². The minimum Gasteiger partial charge on any atom is -0.469 e. The molecule has 2 rings (SSSR count). The Morgan fingerprint density at radius 2 is 2.00 bits per heavy atom. The second kappa shape index (κ2) is 7.49. The molecule has 1 fully saturated rings. The van der Waals surface area contributed by atoms with Crippen LogP contribution >= 0.6 is 11.6 Å².